The molecule has 0 amide bonds. The van der Waals surface area contributed by atoms with Crippen molar-refractivity contribution >= 4 is 0 Å². The van der Waals surface area contributed by atoms with Crippen molar-refractivity contribution in [2.45, 2.75) is 13.5 Å². The smallest absolute Gasteiger partial charge is 0.128 e. The Bertz CT molecular complexity index is 1170. The number of hydrogen-bond donors (Lipinski definition) is 0. The van der Waals surface area contributed by atoms with E-state index in [9.17, 15) is 0 Å². The van der Waals surface area contributed by atoms with Crippen molar-refractivity contribution in [3.63, 3.8) is 0 Å². The molecule has 4 rings (SSSR count). The molecular weight excluding hydrogens is 362 g/mol. The van der Waals surface area contributed by atoms with E-state index in [1.54, 1.807) is 24.2 Å². The van der Waals surface area contributed by atoms with Crippen molar-refractivity contribution < 1.29 is 4.74 Å². The van der Waals surface area contributed by atoms with E-state index in [-0.39, 0.29) is 6.54 Å². The Labute approximate surface area is 169 Å². The zero-order valence-corrected chi connectivity index (χ0v) is 16.2. The van der Waals surface area contributed by atoms with Gasteiger partial charge >= 0.3 is 0 Å². The molecule has 1 aromatic carbocycles. The first-order valence-corrected chi connectivity index (χ1v) is 9.15. The fourth-order valence-electron chi connectivity index (χ4n) is 3.24. The van der Waals surface area contributed by atoms with Gasteiger partial charge in [-0.2, -0.15) is 10.4 Å². The first-order chi connectivity index (χ1) is 14.2. The minimum absolute atomic E-state index is 0.178. The summed E-state index contributed by atoms with van der Waals surface area (Å²) in [7, 11) is 1.65. The summed E-state index contributed by atoms with van der Waals surface area (Å²) in [5.74, 6) is 0.769. The summed E-state index contributed by atoms with van der Waals surface area (Å²) >= 11 is 0. The van der Waals surface area contributed by atoms with Gasteiger partial charge in [-0.15, -0.1) is 0 Å². The van der Waals surface area contributed by atoms with Crippen molar-refractivity contribution in [2.75, 3.05) is 7.11 Å². The van der Waals surface area contributed by atoms with Gasteiger partial charge in [0.25, 0.3) is 0 Å². The molecule has 3 heterocycles. The van der Waals surface area contributed by atoms with Crippen LogP contribution in [-0.4, -0.2) is 26.9 Å². The highest BCUT2D eigenvalue weighted by Gasteiger charge is 2.15. The molecule has 6 nitrogen and oxygen atoms in total. The molecule has 0 unspecified atom stereocenters. The summed E-state index contributed by atoms with van der Waals surface area (Å²) in [6.45, 7) is 2.19. The molecule has 6 heteroatoms. The average Bonchev–Trinajstić information content (AvgIpc) is 3.18. The molecule has 0 saturated heterocycles. The Balaban J connectivity index is 1.79. The van der Waals surface area contributed by atoms with Crippen LogP contribution in [0.15, 0.2) is 67.3 Å². The van der Waals surface area contributed by atoms with Crippen LogP contribution in [0.25, 0.3) is 33.6 Å². The molecule has 0 N–H and O–H groups in total. The quantitative estimate of drug-likeness (QED) is 0.508. The fraction of sp³-hybridized carbons (Fsp3) is 0.130. The summed E-state index contributed by atoms with van der Waals surface area (Å²) in [6, 6.07) is 16.0. The van der Waals surface area contributed by atoms with Gasteiger partial charge in [-0.25, -0.2) is 0 Å². The number of aromatic nitrogens is 4. The zero-order chi connectivity index (χ0) is 20.2. The first-order valence-electron chi connectivity index (χ1n) is 9.15. The van der Waals surface area contributed by atoms with Crippen molar-refractivity contribution in [3.05, 3.63) is 72.8 Å². The number of nitriles is 1. The Morgan fingerprint density at radius 1 is 1.07 bits per heavy atom. The van der Waals surface area contributed by atoms with E-state index in [1.807, 2.05) is 55.7 Å². The Kier molecular flexibility index (Phi) is 5.04. The van der Waals surface area contributed by atoms with Gasteiger partial charge < -0.3 is 4.74 Å². The molecule has 0 aliphatic heterocycles. The minimum Gasteiger partial charge on any atom is -0.497 e. The van der Waals surface area contributed by atoms with Crippen LogP contribution in [0.1, 0.15) is 5.56 Å². The highest BCUT2D eigenvalue weighted by molar-refractivity contribution is 5.81. The SMILES string of the molecule is COc1cc(C)cc(-c2nn(CC#N)cc2-c2ccc(-c3cccnc3)nc2)c1. The van der Waals surface area contributed by atoms with E-state index >= 15 is 0 Å². The number of methoxy groups -OCH3 is 1. The van der Waals surface area contributed by atoms with Gasteiger partial charge in [0, 0.05) is 47.0 Å². The molecule has 3 aromatic heterocycles. The Morgan fingerprint density at radius 3 is 2.66 bits per heavy atom. The molecular formula is C23H19N5O. The molecule has 0 saturated carbocycles. The Hall–Kier alpha value is -3.98. The van der Waals surface area contributed by atoms with E-state index in [0.29, 0.717) is 0 Å². The summed E-state index contributed by atoms with van der Waals surface area (Å²) in [6.07, 6.45) is 7.24. The van der Waals surface area contributed by atoms with E-state index in [2.05, 4.69) is 27.2 Å². The van der Waals surface area contributed by atoms with Crippen LogP contribution in [0, 0.1) is 18.3 Å². The molecule has 0 aliphatic rings. The topological polar surface area (TPSA) is 76.6 Å². The van der Waals surface area contributed by atoms with Crippen molar-refractivity contribution in [2.24, 2.45) is 0 Å². The second kappa shape index (κ2) is 7.95. The largest absolute Gasteiger partial charge is 0.497 e. The third-order valence-corrected chi connectivity index (χ3v) is 4.59. The highest BCUT2D eigenvalue weighted by atomic mass is 16.5. The van der Waals surface area contributed by atoms with Crippen LogP contribution >= 0.6 is 0 Å². The molecule has 142 valence electrons. The molecule has 0 spiro atoms. The van der Waals surface area contributed by atoms with Crippen molar-refractivity contribution in [1.29, 1.82) is 5.26 Å². The van der Waals surface area contributed by atoms with Crippen LogP contribution in [0.2, 0.25) is 0 Å². The van der Waals surface area contributed by atoms with Gasteiger partial charge in [-0.3, -0.25) is 14.6 Å². The molecule has 0 atom stereocenters. The van der Waals surface area contributed by atoms with E-state index in [1.165, 1.54) is 0 Å². The number of hydrogen-bond acceptors (Lipinski definition) is 5. The van der Waals surface area contributed by atoms with Crippen LogP contribution < -0.4 is 4.74 Å². The first kappa shape index (κ1) is 18.4. The number of aryl methyl sites for hydroxylation is 1. The van der Waals surface area contributed by atoms with Crippen LogP contribution in [0.4, 0.5) is 0 Å². The summed E-state index contributed by atoms with van der Waals surface area (Å²) < 4.78 is 7.06. The van der Waals surface area contributed by atoms with Crippen LogP contribution in [0.5, 0.6) is 5.75 Å². The third kappa shape index (κ3) is 3.85. The molecule has 0 bridgehead atoms. The maximum absolute atomic E-state index is 9.10. The minimum atomic E-state index is 0.178. The molecule has 0 radical (unpaired) electrons. The van der Waals surface area contributed by atoms with E-state index in [4.69, 9.17) is 10.00 Å². The average molecular weight is 381 g/mol. The van der Waals surface area contributed by atoms with Crippen LogP contribution in [-0.2, 0) is 6.54 Å². The predicted octanol–water partition coefficient (Wildman–Crippen LogP) is 4.51. The normalized spacial score (nSPS) is 10.5. The standard InChI is InChI=1S/C23H19N5O/c1-16-10-19(12-20(11-16)29-2)23-21(15-28(27-23)9-7-24)17-5-6-22(26-14-17)18-4-3-8-25-13-18/h3-6,8,10-15H,9H2,1-2H3. The summed E-state index contributed by atoms with van der Waals surface area (Å²) in [5.41, 5.74) is 6.46. The predicted molar refractivity (Wildman–Crippen MR) is 111 cm³/mol. The number of pyridine rings is 2. The van der Waals surface area contributed by atoms with Gasteiger partial charge in [0.15, 0.2) is 0 Å². The summed E-state index contributed by atoms with van der Waals surface area (Å²) in [4.78, 5) is 8.75. The van der Waals surface area contributed by atoms with Gasteiger partial charge in [0.2, 0.25) is 0 Å². The van der Waals surface area contributed by atoms with Gasteiger partial charge in [0.1, 0.15) is 18.0 Å². The summed E-state index contributed by atoms with van der Waals surface area (Å²) in [5, 5.41) is 13.7. The second-order valence-electron chi connectivity index (χ2n) is 6.66. The third-order valence-electron chi connectivity index (χ3n) is 4.59. The van der Waals surface area contributed by atoms with Crippen molar-refractivity contribution in [3.8, 4) is 45.5 Å². The van der Waals surface area contributed by atoms with Crippen LogP contribution in [0.3, 0.4) is 0 Å². The fourth-order valence-corrected chi connectivity index (χ4v) is 3.24. The van der Waals surface area contributed by atoms with Gasteiger partial charge in [0.05, 0.1) is 18.9 Å². The zero-order valence-electron chi connectivity index (χ0n) is 16.2. The lowest BCUT2D eigenvalue weighted by Crippen LogP contribution is -1.95. The number of ether oxygens (including phenoxy) is 1. The lowest BCUT2D eigenvalue weighted by Gasteiger charge is -2.08. The van der Waals surface area contributed by atoms with E-state index < -0.39 is 0 Å². The molecule has 0 fully saturated rings. The number of nitrogens with zero attached hydrogens (tertiary/aromatic N) is 5. The number of benzene rings is 1. The monoisotopic (exact) mass is 381 g/mol. The maximum Gasteiger partial charge on any atom is 0.128 e. The Morgan fingerprint density at radius 2 is 1.97 bits per heavy atom. The molecule has 0 aliphatic carbocycles. The number of rotatable bonds is 5. The van der Waals surface area contributed by atoms with Crippen molar-refractivity contribution in [1.82, 2.24) is 19.7 Å². The maximum atomic E-state index is 9.10. The molecule has 29 heavy (non-hydrogen) atoms. The highest BCUT2D eigenvalue weighted by Crippen LogP contribution is 2.34. The lowest BCUT2D eigenvalue weighted by atomic mass is 10.0. The lowest BCUT2D eigenvalue weighted by molar-refractivity contribution is 0.414. The van der Waals surface area contributed by atoms with Gasteiger partial charge in [-0.05, 0) is 48.9 Å². The van der Waals surface area contributed by atoms with E-state index in [0.717, 1.165) is 45.0 Å². The second-order valence-corrected chi connectivity index (χ2v) is 6.66. The van der Waals surface area contributed by atoms with Gasteiger partial charge in [-0.1, -0.05) is 6.07 Å². The molecule has 4 aromatic rings.